The van der Waals surface area contributed by atoms with Gasteiger partial charge in [-0.15, -0.1) is 0 Å². The number of hydrogen-bond acceptors (Lipinski definition) is 4. The Balaban J connectivity index is 1.70. The molecule has 0 aliphatic carbocycles. The van der Waals surface area contributed by atoms with Crippen LogP contribution in [0.15, 0.2) is 54.6 Å². The summed E-state index contributed by atoms with van der Waals surface area (Å²) in [6.45, 7) is 2.81. The maximum absolute atomic E-state index is 11.7. The van der Waals surface area contributed by atoms with E-state index in [9.17, 15) is 4.79 Å². The van der Waals surface area contributed by atoms with Gasteiger partial charge < -0.3 is 15.0 Å². The van der Waals surface area contributed by atoms with E-state index >= 15 is 0 Å². The Morgan fingerprint density at radius 1 is 1.22 bits per heavy atom. The number of nitrogens with one attached hydrogen (secondary N) is 1. The van der Waals surface area contributed by atoms with Crippen LogP contribution in [-0.4, -0.2) is 38.8 Å². The zero-order chi connectivity index (χ0) is 16.1. The topological polar surface area (TPSA) is 41.6 Å². The summed E-state index contributed by atoms with van der Waals surface area (Å²) in [5, 5.41) is 3.58. The second-order valence-electron chi connectivity index (χ2n) is 5.83. The fraction of sp³-hybridized carbons (Fsp3) is 0.316. The van der Waals surface area contributed by atoms with Gasteiger partial charge in [-0.3, -0.25) is 0 Å². The lowest BCUT2D eigenvalue weighted by atomic mass is 10.0. The van der Waals surface area contributed by atoms with Crippen molar-refractivity contribution in [2.45, 2.75) is 12.5 Å². The van der Waals surface area contributed by atoms with Crippen molar-refractivity contribution in [2.24, 2.45) is 0 Å². The molecular weight excluding hydrogens is 288 g/mol. The molecule has 1 heterocycles. The molecular formula is C19H22N2O2. The van der Waals surface area contributed by atoms with Gasteiger partial charge in [0, 0.05) is 31.4 Å². The highest BCUT2D eigenvalue weighted by atomic mass is 16.5. The highest BCUT2D eigenvalue weighted by Gasteiger charge is 2.20. The fourth-order valence-corrected chi connectivity index (χ4v) is 3.04. The minimum Gasteiger partial charge on any atom is -0.465 e. The van der Waals surface area contributed by atoms with Crippen LogP contribution in [0.5, 0.6) is 0 Å². The second-order valence-corrected chi connectivity index (χ2v) is 5.83. The molecule has 3 rings (SSSR count). The number of methoxy groups -OCH3 is 1. The monoisotopic (exact) mass is 310 g/mol. The molecule has 4 nitrogen and oxygen atoms in total. The second kappa shape index (κ2) is 7.29. The molecule has 1 aliphatic rings. The van der Waals surface area contributed by atoms with E-state index < -0.39 is 0 Å². The molecule has 1 atom stereocenters. The smallest absolute Gasteiger partial charge is 0.337 e. The number of ether oxygens (including phenoxy) is 1. The largest absolute Gasteiger partial charge is 0.465 e. The lowest BCUT2D eigenvalue weighted by Gasteiger charge is -2.35. The number of esters is 1. The third-order valence-electron chi connectivity index (χ3n) is 4.21. The summed E-state index contributed by atoms with van der Waals surface area (Å²) in [5.74, 6) is -0.289. The molecule has 1 aliphatic heterocycles. The number of rotatable bonds is 4. The first-order valence-corrected chi connectivity index (χ1v) is 7.97. The Hall–Kier alpha value is -2.33. The summed E-state index contributed by atoms with van der Waals surface area (Å²) < 4.78 is 4.81. The number of anilines is 1. The summed E-state index contributed by atoms with van der Waals surface area (Å²) in [6.07, 6.45) is 1.01. The van der Waals surface area contributed by atoms with Crippen molar-refractivity contribution in [2.75, 3.05) is 31.6 Å². The summed E-state index contributed by atoms with van der Waals surface area (Å²) in [5.41, 5.74) is 3.02. The van der Waals surface area contributed by atoms with Gasteiger partial charge in [0.1, 0.15) is 0 Å². The molecule has 0 bridgehead atoms. The van der Waals surface area contributed by atoms with Gasteiger partial charge in [0.25, 0.3) is 0 Å². The standard InChI is InChI=1S/C19H22N2O2/c1-23-19(22)16-8-5-9-18(13-16)21-11-10-20-17(14-21)12-15-6-3-2-4-7-15/h2-9,13,17,20H,10-12,14H2,1H3. The van der Waals surface area contributed by atoms with Gasteiger partial charge in [-0.25, -0.2) is 4.79 Å². The molecule has 2 aromatic rings. The maximum Gasteiger partial charge on any atom is 0.337 e. The molecule has 23 heavy (non-hydrogen) atoms. The van der Waals surface area contributed by atoms with Gasteiger partial charge >= 0.3 is 5.97 Å². The molecule has 0 spiro atoms. The Kier molecular flexibility index (Phi) is 4.93. The fourth-order valence-electron chi connectivity index (χ4n) is 3.04. The molecule has 1 N–H and O–H groups in total. The molecule has 1 fully saturated rings. The third-order valence-corrected chi connectivity index (χ3v) is 4.21. The molecule has 0 amide bonds. The summed E-state index contributed by atoms with van der Waals surface area (Å²) in [6, 6.07) is 18.6. The van der Waals surface area contributed by atoms with E-state index in [4.69, 9.17) is 4.74 Å². The highest BCUT2D eigenvalue weighted by molar-refractivity contribution is 5.90. The molecule has 0 radical (unpaired) electrons. The minimum absolute atomic E-state index is 0.289. The van der Waals surface area contributed by atoms with Gasteiger partial charge in [0.05, 0.1) is 12.7 Å². The summed E-state index contributed by atoms with van der Waals surface area (Å²) >= 11 is 0. The lowest BCUT2D eigenvalue weighted by Crippen LogP contribution is -2.51. The van der Waals surface area contributed by atoms with Crippen LogP contribution in [0.3, 0.4) is 0 Å². The average Bonchev–Trinajstić information content (AvgIpc) is 2.62. The van der Waals surface area contributed by atoms with Crippen molar-refractivity contribution in [1.82, 2.24) is 5.32 Å². The van der Waals surface area contributed by atoms with Crippen molar-refractivity contribution in [3.63, 3.8) is 0 Å². The molecule has 120 valence electrons. The number of carbonyl (C=O) groups excluding carboxylic acids is 1. The van der Waals surface area contributed by atoms with Crippen LogP contribution in [0.2, 0.25) is 0 Å². The zero-order valence-corrected chi connectivity index (χ0v) is 13.4. The predicted octanol–water partition coefficient (Wildman–Crippen LogP) is 2.49. The SMILES string of the molecule is COC(=O)c1cccc(N2CCNC(Cc3ccccc3)C2)c1. The van der Waals surface area contributed by atoms with Crippen LogP contribution < -0.4 is 10.2 Å². The van der Waals surface area contributed by atoms with Crippen LogP contribution in [0.1, 0.15) is 15.9 Å². The van der Waals surface area contributed by atoms with Crippen molar-refractivity contribution in [3.05, 3.63) is 65.7 Å². The van der Waals surface area contributed by atoms with Gasteiger partial charge in [-0.2, -0.15) is 0 Å². The highest BCUT2D eigenvalue weighted by Crippen LogP contribution is 2.19. The minimum atomic E-state index is -0.289. The molecule has 0 saturated carbocycles. The molecule has 4 heteroatoms. The van der Waals surface area contributed by atoms with Gasteiger partial charge in [-0.1, -0.05) is 36.4 Å². The van der Waals surface area contributed by atoms with Crippen LogP contribution in [0.25, 0.3) is 0 Å². The van der Waals surface area contributed by atoms with Gasteiger partial charge in [0.2, 0.25) is 0 Å². The van der Waals surface area contributed by atoms with Crippen molar-refractivity contribution >= 4 is 11.7 Å². The van der Waals surface area contributed by atoms with E-state index in [1.165, 1.54) is 12.7 Å². The van der Waals surface area contributed by atoms with Crippen molar-refractivity contribution < 1.29 is 9.53 Å². The van der Waals surface area contributed by atoms with Crippen LogP contribution in [0.4, 0.5) is 5.69 Å². The number of benzene rings is 2. The molecule has 1 unspecified atom stereocenters. The zero-order valence-electron chi connectivity index (χ0n) is 13.4. The Bertz CT molecular complexity index is 657. The third kappa shape index (κ3) is 3.90. The van der Waals surface area contributed by atoms with Crippen molar-refractivity contribution in [1.29, 1.82) is 0 Å². The first-order chi connectivity index (χ1) is 11.3. The average molecular weight is 310 g/mol. The summed E-state index contributed by atoms with van der Waals surface area (Å²) in [7, 11) is 1.41. The number of hydrogen-bond donors (Lipinski definition) is 1. The first kappa shape index (κ1) is 15.6. The molecule has 1 saturated heterocycles. The lowest BCUT2D eigenvalue weighted by molar-refractivity contribution is 0.0601. The summed E-state index contributed by atoms with van der Waals surface area (Å²) in [4.78, 5) is 14.0. The molecule has 0 aromatic heterocycles. The van der Waals surface area contributed by atoms with Crippen LogP contribution >= 0.6 is 0 Å². The predicted molar refractivity (Wildman–Crippen MR) is 91.9 cm³/mol. The van der Waals surface area contributed by atoms with E-state index in [0.717, 1.165) is 31.7 Å². The Labute approximate surface area is 137 Å². The van der Waals surface area contributed by atoms with E-state index in [1.807, 2.05) is 18.2 Å². The number of piperazine rings is 1. The molecule has 2 aromatic carbocycles. The van der Waals surface area contributed by atoms with Crippen molar-refractivity contribution in [3.8, 4) is 0 Å². The maximum atomic E-state index is 11.7. The van der Waals surface area contributed by atoms with Crippen LogP contribution in [-0.2, 0) is 11.2 Å². The Morgan fingerprint density at radius 2 is 2.04 bits per heavy atom. The Morgan fingerprint density at radius 3 is 2.83 bits per heavy atom. The van der Waals surface area contributed by atoms with E-state index in [2.05, 4.69) is 40.5 Å². The normalized spacial score (nSPS) is 17.8. The van der Waals surface area contributed by atoms with Crippen LogP contribution in [0, 0.1) is 0 Å². The number of carbonyl (C=O) groups is 1. The van der Waals surface area contributed by atoms with Gasteiger partial charge in [0.15, 0.2) is 0 Å². The van der Waals surface area contributed by atoms with E-state index in [1.54, 1.807) is 6.07 Å². The van der Waals surface area contributed by atoms with E-state index in [-0.39, 0.29) is 5.97 Å². The number of nitrogens with zero attached hydrogens (tertiary/aromatic N) is 1. The first-order valence-electron chi connectivity index (χ1n) is 7.97. The quantitative estimate of drug-likeness (QED) is 0.881. The van der Waals surface area contributed by atoms with Gasteiger partial charge in [-0.05, 0) is 30.2 Å². The van der Waals surface area contributed by atoms with E-state index in [0.29, 0.717) is 11.6 Å².